The number of nitrogens with zero attached hydrogens (tertiary/aromatic N) is 2. The van der Waals surface area contributed by atoms with Gasteiger partial charge in [-0.1, -0.05) is 12.8 Å². The van der Waals surface area contributed by atoms with E-state index in [4.69, 9.17) is 11.1 Å². The highest BCUT2D eigenvalue weighted by molar-refractivity contribution is 7.80. The van der Waals surface area contributed by atoms with Crippen LogP contribution in [-0.4, -0.2) is 14.8 Å². The van der Waals surface area contributed by atoms with Gasteiger partial charge in [-0.15, -0.1) is 12.6 Å². The van der Waals surface area contributed by atoms with Gasteiger partial charge in [-0.3, -0.25) is 9.38 Å². The van der Waals surface area contributed by atoms with E-state index in [0.717, 1.165) is 0 Å². The van der Waals surface area contributed by atoms with Crippen LogP contribution in [0.25, 0.3) is 0 Å². The molecule has 0 saturated heterocycles. The average Bonchev–Trinajstić information content (AvgIpc) is 2.10. The number of hydrogen-bond donors (Lipinski definition) is 4. The molecule has 0 amide bonds. The van der Waals surface area contributed by atoms with Crippen LogP contribution >= 0.6 is 25.4 Å². The number of hydrogen-bond acceptors (Lipinski definition) is 4. The molecule has 1 heterocycles. The van der Waals surface area contributed by atoms with Crippen molar-refractivity contribution >= 4 is 31.3 Å². The molecular weight excluding hydrogens is 168 g/mol. The Morgan fingerprint density at radius 1 is 1.80 bits per heavy atom. The van der Waals surface area contributed by atoms with Gasteiger partial charge in [0.15, 0.2) is 11.7 Å². The molecule has 1 aromatic heterocycles. The minimum Gasteiger partial charge on any atom is -0.381 e. The summed E-state index contributed by atoms with van der Waals surface area (Å²) in [4.78, 5) is 3.81. The molecule has 0 aliphatic rings. The van der Waals surface area contributed by atoms with Crippen molar-refractivity contribution in [2.45, 2.75) is 5.03 Å². The molecule has 54 valence electrons. The van der Waals surface area contributed by atoms with Crippen LogP contribution in [0, 0.1) is 5.41 Å². The van der Waals surface area contributed by atoms with E-state index < -0.39 is 0 Å². The lowest BCUT2D eigenvalue weighted by atomic mass is 10.6. The maximum atomic E-state index is 7.00. The number of imidazole rings is 1. The van der Waals surface area contributed by atoms with E-state index >= 15 is 0 Å². The molecule has 0 radical (unpaired) electrons. The number of nitrogen functional groups attached to an aromatic ring is 1. The Labute approximate surface area is 68.9 Å². The first kappa shape index (κ1) is 7.49. The third-order valence-electron chi connectivity index (χ3n) is 0.916. The molecular formula is C4H6N4S2. The van der Waals surface area contributed by atoms with Crippen molar-refractivity contribution < 1.29 is 0 Å². The van der Waals surface area contributed by atoms with Gasteiger partial charge in [-0.2, -0.15) is 0 Å². The summed E-state index contributed by atoms with van der Waals surface area (Å²) in [5.74, 6) is 0.198. The zero-order valence-electron chi connectivity index (χ0n) is 4.94. The molecule has 1 aromatic rings. The second-order valence-corrected chi connectivity index (χ2v) is 2.57. The molecule has 0 spiro atoms. The van der Waals surface area contributed by atoms with Crippen molar-refractivity contribution in [1.29, 1.82) is 5.41 Å². The summed E-state index contributed by atoms with van der Waals surface area (Å²) < 4.78 is 1.35. The Balaban J connectivity index is 3.15. The van der Waals surface area contributed by atoms with Gasteiger partial charge in [-0.25, -0.2) is 4.98 Å². The molecule has 0 aliphatic carbocycles. The molecule has 0 atom stereocenters. The van der Waals surface area contributed by atoms with Crippen LogP contribution in [0.3, 0.4) is 0 Å². The number of amidine groups is 1. The summed E-state index contributed by atoms with van der Waals surface area (Å²) in [6.45, 7) is 0. The highest BCUT2D eigenvalue weighted by atomic mass is 32.1. The zero-order valence-corrected chi connectivity index (χ0v) is 6.73. The number of rotatable bonds is 1. The Kier molecular flexibility index (Phi) is 1.91. The van der Waals surface area contributed by atoms with Crippen LogP contribution < -0.4 is 5.73 Å². The van der Waals surface area contributed by atoms with Crippen molar-refractivity contribution in [3.63, 3.8) is 0 Å². The largest absolute Gasteiger partial charge is 0.381 e. The monoisotopic (exact) mass is 174 g/mol. The van der Waals surface area contributed by atoms with E-state index in [-0.39, 0.29) is 5.84 Å². The van der Waals surface area contributed by atoms with Gasteiger partial charge in [0.25, 0.3) is 0 Å². The third-order valence-corrected chi connectivity index (χ3v) is 1.44. The van der Waals surface area contributed by atoms with Crippen LogP contribution in [0.5, 0.6) is 0 Å². The lowest BCUT2D eigenvalue weighted by molar-refractivity contribution is 1.14. The second-order valence-electron chi connectivity index (χ2n) is 1.68. The Morgan fingerprint density at radius 3 is 2.60 bits per heavy atom. The van der Waals surface area contributed by atoms with Crippen molar-refractivity contribution in [2.75, 3.05) is 0 Å². The summed E-state index contributed by atoms with van der Waals surface area (Å²) in [7, 11) is 0. The van der Waals surface area contributed by atoms with Crippen molar-refractivity contribution in [1.82, 2.24) is 8.96 Å². The number of thiol groups is 2. The standard InChI is InChI=1S/C4H6N4S2/c5-3(6)4-7-2(9)1-8(4)10/h1,9-10H,(H3,5,6). The fraction of sp³-hybridized carbons (Fsp3) is 0. The molecule has 0 bridgehead atoms. The first-order valence-corrected chi connectivity index (χ1v) is 3.28. The highest BCUT2D eigenvalue weighted by Crippen LogP contribution is 2.06. The topological polar surface area (TPSA) is 67.7 Å². The van der Waals surface area contributed by atoms with Crippen LogP contribution in [0.15, 0.2) is 11.2 Å². The quantitative estimate of drug-likeness (QED) is 0.278. The first-order valence-electron chi connectivity index (χ1n) is 2.43. The molecule has 0 aliphatic heterocycles. The summed E-state index contributed by atoms with van der Waals surface area (Å²) in [5, 5.41) is 7.50. The van der Waals surface area contributed by atoms with Gasteiger partial charge in [0.2, 0.25) is 0 Å². The third kappa shape index (κ3) is 1.27. The van der Waals surface area contributed by atoms with Gasteiger partial charge in [0.05, 0.1) is 0 Å². The average molecular weight is 174 g/mol. The lowest BCUT2D eigenvalue weighted by Crippen LogP contribution is -2.14. The van der Waals surface area contributed by atoms with Crippen LogP contribution in [0.1, 0.15) is 5.82 Å². The normalized spacial score (nSPS) is 9.80. The maximum absolute atomic E-state index is 7.00. The van der Waals surface area contributed by atoms with Crippen LogP contribution in [-0.2, 0) is 0 Å². The molecule has 10 heavy (non-hydrogen) atoms. The molecule has 3 N–H and O–H groups in total. The smallest absolute Gasteiger partial charge is 0.186 e. The van der Waals surface area contributed by atoms with Gasteiger partial charge in [0, 0.05) is 6.20 Å². The zero-order chi connectivity index (χ0) is 7.72. The SMILES string of the molecule is N=C(N)c1nc(S)cn1S. The van der Waals surface area contributed by atoms with Crippen molar-refractivity contribution in [3.05, 3.63) is 12.0 Å². The Bertz CT molecular complexity index is 266. The van der Waals surface area contributed by atoms with Crippen LogP contribution in [0.2, 0.25) is 0 Å². The molecule has 4 nitrogen and oxygen atoms in total. The molecule has 0 fully saturated rings. The van der Waals surface area contributed by atoms with Gasteiger partial charge < -0.3 is 5.73 Å². The van der Waals surface area contributed by atoms with E-state index in [1.54, 1.807) is 6.20 Å². The summed E-state index contributed by atoms with van der Waals surface area (Å²) in [5.41, 5.74) is 5.15. The van der Waals surface area contributed by atoms with Gasteiger partial charge in [-0.05, 0) is 0 Å². The molecule has 6 heteroatoms. The summed E-state index contributed by atoms with van der Waals surface area (Å²) in [6.07, 6.45) is 1.56. The fourth-order valence-electron chi connectivity index (χ4n) is 0.543. The molecule has 0 unspecified atom stereocenters. The van der Waals surface area contributed by atoms with E-state index in [9.17, 15) is 0 Å². The molecule has 0 aromatic carbocycles. The van der Waals surface area contributed by atoms with E-state index in [1.165, 1.54) is 3.97 Å². The molecule has 0 saturated carbocycles. The number of nitrogens with one attached hydrogen (secondary N) is 1. The van der Waals surface area contributed by atoms with Crippen molar-refractivity contribution in [2.24, 2.45) is 5.73 Å². The van der Waals surface area contributed by atoms with E-state index in [2.05, 4.69) is 30.4 Å². The van der Waals surface area contributed by atoms with E-state index in [0.29, 0.717) is 10.9 Å². The predicted molar refractivity (Wildman–Crippen MR) is 44.9 cm³/mol. The highest BCUT2D eigenvalue weighted by Gasteiger charge is 2.04. The lowest BCUT2D eigenvalue weighted by Gasteiger charge is -1.93. The van der Waals surface area contributed by atoms with Crippen LogP contribution in [0.4, 0.5) is 0 Å². The maximum Gasteiger partial charge on any atom is 0.186 e. The van der Waals surface area contributed by atoms with Gasteiger partial charge in [0.1, 0.15) is 5.03 Å². The Hall–Kier alpha value is -0.620. The second kappa shape index (κ2) is 2.55. The first-order chi connectivity index (χ1) is 4.61. The van der Waals surface area contributed by atoms with Crippen molar-refractivity contribution in [3.8, 4) is 0 Å². The minimum absolute atomic E-state index is 0.115. The summed E-state index contributed by atoms with van der Waals surface area (Å²) in [6, 6.07) is 0. The number of aromatic nitrogens is 2. The fourth-order valence-corrected chi connectivity index (χ4v) is 1.11. The predicted octanol–water partition coefficient (Wildman–Crippen LogP) is 0.149. The molecule has 1 rings (SSSR count). The minimum atomic E-state index is -0.115. The van der Waals surface area contributed by atoms with E-state index in [1.807, 2.05) is 0 Å². The number of nitrogens with two attached hydrogens (primary N) is 1. The Morgan fingerprint density at radius 2 is 2.40 bits per heavy atom. The summed E-state index contributed by atoms with van der Waals surface area (Å²) >= 11 is 7.88. The van der Waals surface area contributed by atoms with Gasteiger partial charge >= 0.3 is 0 Å².